The number of hydrogen-bond acceptors (Lipinski definition) is 6. The van der Waals surface area contributed by atoms with Crippen molar-refractivity contribution in [3.63, 3.8) is 0 Å². The topological polar surface area (TPSA) is 107 Å². The Morgan fingerprint density at radius 2 is 1.83 bits per heavy atom. The quantitative estimate of drug-likeness (QED) is 0.490. The molecule has 0 radical (unpaired) electrons. The molecule has 9 heteroatoms. The molecule has 0 atom stereocenters. The normalized spacial score (nSPS) is 10.6. The van der Waals surface area contributed by atoms with Crippen molar-refractivity contribution in [2.45, 2.75) is 6.54 Å². The van der Waals surface area contributed by atoms with Crippen LogP contribution in [0.4, 0.5) is 0 Å². The third-order valence-electron chi connectivity index (χ3n) is 4.43. The summed E-state index contributed by atoms with van der Waals surface area (Å²) in [5, 5.41) is 14.2. The van der Waals surface area contributed by atoms with Crippen LogP contribution in [0, 0.1) is 0 Å². The number of rotatable bonds is 7. The summed E-state index contributed by atoms with van der Waals surface area (Å²) in [6, 6.07) is 16.9. The standard InChI is InChI=1S/C21H20N6O3/c1-29-16-10-8-14(9-11-16)20-23-18(24-25-20)12-22-21(28)19-17(30-2)13-27(26-19)15-6-4-3-5-7-15/h3-11,13H,12H2,1-2H3,(H,22,28)(H,23,24,25). The first kappa shape index (κ1) is 19.2. The molecule has 2 aromatic heterocycles. The Kier molecular flexibility index (Phi) is 5.42. The zero-order chi connectivity index (χ0) is 20.9. The second-order valence-corrected chi connectivity index (χ2v) is 6.34. The lowest BCUT2D eigenvalue weighted by molar-refractivity contribution is 0.0941. The van der Waals surface area contributed by atoms with Crippen molar-refractivity contribution >= 4 is 5.91 Å². The average Bonchev–Trinajstić information content (AvgIpc) is 3.45. The molecule has 2 aromatic carbocycles. The van der Waals surface area contributed by atoms with Crippen molar-refractivity contribution in [3.8, 4) is 28.6 Å². The molecular formula is C21H20N6O3. The summed E-state index contributed by atoms with van der Waals surface area (Å²) in [6.07, 6.45) is 1.67. The van der Waals surface area contributed by atoms with Gasteiger partial charge in [0.15, 0.2) is 17.3 Å². The molecule has 9 nitrogen and oxygen atoms in total. The molecule has 0 saturated carbocycles. The number of benzene rings is 2. The second kappa shape index (κ2) is 8.48. The first-order valence-electron chi connectivity index (χ1n) is 9.21. The fourth-order valence-electron chi connectivity index (χ4n) is 2.87. The molecule has 0 saturated heterocycles. The van der Waals surface area contributed by atoms with Crippen LogP contribution in [0.5, 0.6) is 11.5 Å². The summed E-state index contributed by atoms with van der Waals surface area (Å²) >= 11 is 0. The van der Waals surface area contributed by atoms with Gasteiger partial charge in [0.05, 0.1) is 32.6 Å². The van der Waals surface area contributed by atoms with E-state index in [1.54, 1.807) is 18.0 Å². The predicted molar refractivity (Wildman–Crippen MR) is 110 cm³/mol. The molecule has 0 aliphatic rings. The minimum Gasteiger partial charge on any atom is -0.497 e. The number of amides is 1. The van der Waals surface area contributed by atoms with Crippen LogP contribution in [0.15, 0.2) is 60.8 Å². The maximum absolute atomic E-state index is 12.6. The minimum absolute atomic E-state index is 0.170. The van der Waals surface area contributed by atoms with Crippen LogP contribution in [0.25, 0.3) is 17.1 Å². The maximum atomic E-state index is 12.6. The van der Waals surface area contributed by atoms with Gasteiger partial charge in [-0.05, 0) is 36.4 Å². The summed E-state index contributed by atoms with van der Waals surface area (Å²) < 4.78 is 12.1. The minimum atomic E-state index is -0.371. The maximum Gasteiger partial charge on any atom is 0.276 e. The van der Waals surface area contributed by atoms with Gasteiger partial charge < -0.3 is 14.8 Å². The second-order valence-electron chi connectivity index (χ2n) is 6.34. The largest absolute Gasteiger partial charge is 0.497 e. The van der Waals surface area contributed by atoms with E-state index in [4.69, 9.17) is 9.47 Å². The van der Waals surface area contributed by atoms with Gasteiger partial charge in [-0.15, -0.1) is 0 Å². The molecule has 0 fully saturated rings. The third-order valence-corrected chi connectivity index (χ3v) is 4.43. The SMILES string of the molecule is COc1ccc(-c2n[nH]c(CNC(=O)c3nn(-c4ccccc4)cc3OC)n2)cc1. The number of ether oxygens (including phenoxy) is 2. The molecule has 0 aliphatic carbocycles. The number of methoxy groups -OCH3 is 2. The fraction of sp³-hybridized carbons (Fsp3) is 0.143. The van der Waals surface area contributed by atoms with E-state index in [-0.39, 0.29) is 18.1 Å². The molecular weight excluding hydrogens is 384 g/mol. The highest BCUT2D eigenvalue weighted by molar-refractivity contribution is 5.94. The predicted octanol–water partition coefficient (Wildman–Crippen LogP) is 2.60. The Labute approximate surface area is 172 Å². The van der Waals surface area contributed by atoms with Gasteiger partial charge in [-0.25, -0.2) is 9.67 Å². The van der Waals surface area contributed by atoms with Crippen LogP contribution in [0.2, 0.25) is 0 Å². The number of carbonyl (C=O) groups is 1. The first-order chi connectivity index (χ1) is 14.7. The van der Waals surface area contributed by atoms with Gasteiger partial charge in [0.25, 0.3) is 5.91 Å². The van der Waals surface area contributed by atoms with Crippen LogP contribution in [-0.4, -0.2) is 45.1 Å². The van der Waals surface area contributed by atoms with Crippen molar-refractivity contribution in [1.29, 1.82) is 0 Å². The number of aromatic nitrogens is 5. The lowest BCUT2D eigenvalue weighted by atomic mass is 10.2. The van der Waals surface area contributed by atoms with Gasteiger partial charge >= 0.3 is 0 Å². The number of nitrogens with zero attached hydrogens (tertiary/aromatic N) is 4. The van der Waals surface area contributed by atoms with E-state index >= 15 is 0 Å². The van der Waals surface area contributed by atoms with E-state index in [9.17, 15) is 4.79 Å². The fourth-order valence-corrected chi connectivity index (χ4v) is 2.87. The summed E-state index contributed by atoms with van der Waals surface area (Å²) in [4.78, 5) is 17.1. The molecule has 4 rings (SSSR count). The zero-order valence-corrected chi connectivity index (χ0v) is 16.5. The van der Waals surface area contributed by atoms with Gasteiger partial charge in [0.2, 0.25) is 0 Å². The van der Waals surface area contributed by atoms with E-state index < -0.39 is 0 Å². The molecule has 4 aromatic rings. The smallest absolute Gasteiger partial charge is 0.276 e. The van der Waals surface area contributed by atoms with E-state index in [1.165, 1.54) is 7.11 Å². The average molecular weight is 404 g/mol. The van der Waals surface area contributed by atoms with Gasteiger partial charge in [-0.3, -0.25) is 9.89 Å². The Morgan fingerprint density at radius 1 is 1.07 bits per heavy atom. The highest BCUT2D eigenvalue weighted by atomic mass is 16.5. The summed E-state index contributed by atoms with van der Waals surface area (Å²) in [5.74, 6) is 1.82. The van der Waals surface area contributed by atoms with Crippen molar-refractivity contribution in [2.24, 2.45) is 0 Å². The number of aromatic amines is 1. The first-order valence-corrected chi connectivity index (χ1v) is 9.21. The van der Waals surface area contributed by atoms with E-state index in [0.717, 1.165) is 17.0 Å². The van der Waals surface area contributed by atoms with Crippen LogP contribution in [0.1, 0.15) is 16.3 Å². The van der Waals surface area contributed by atoms with Crippen molar-refractivity contribution in [1.82, 2.24) is 30.3 Å². The molecule has 2 N–H and O–H groups in total. The highest BCUT2D eigenvalue weighted by Crippen LogP contribution is 2.20. The molecule has 0 unspecified atom stereocenters. The highest BCUT2D eigenvalue weighted by Gasteiger charge is 2.18. The van der Waals surface area contributed by atoms with Gasteiger partial charge in [0.1, 0.15) is 11.6 Å². The monoisotopic (exact) mass is 404 g/mol. The summed E-state index contributed by atoms with van der Waals surface area (Å²) in [7, 11) is 3.11. The Morgan fingerprint density at radius 3 is 2.53 bits per heavy atom. The van der Waals surface area contributed by atoms with E-state index in [0.29, 0.717) is 17.4 Å². The molecule has 0 spiro atoms. The Bertz CT molecular complexity index is 1140. The number of carbonyl (C=O) groups excluding carboxylic acids is 1. The molecule has 0 aliphatic heterocycles. The van der Waals surface area contributed by atoms with Gasteiger partial charge in [0, 0.05) is 5.56 Å². The zero-order valence-electron chi connectivity index (χ0n) is 16.5. The van der Waals surface area contributed by atoms with Crippen LogP contribution in [-0.2, 0) is 6.54 Å². The molecule has 152 valence electrons. The lowest BCUT2D eigenvalue weighted by Crippen LogP contribution is -2.24. The number of nitrogens with one attached hydrogen (secondary N) is 2. The van der Waals surface area contributed by atoms with E-state index in [1.807, 2.05) is 54.6 Å². The molecule has 1 amide bonds. The lowest BCUT2D eigenvalue weighted by Gasteiger charge is -2.02. The summed E-state index contributed by atoms with van der Waals surface area (Å²) in [6.45, 7) is 0.170. The molecule has 30 heavy (non-hydrogen) atoms. The van der Waals surface area contributed by atoms with Crippen LogP contribution < -0.4 is 14.8 Å². The number of H-pyrrole nitrogens is 1. The van der Waals surface area contributed by atoms with Crippen molar-refractivity contribution in [2.75, 3.05) is 14.2 Å². The molecule has 0 bridgehead atoms. The van der Waals surface area contributed by atoms with Gasteiger partial charge in [-0.2, -0.15) is 10.2 Å². The number of hydrogen-bond donors (Lipinski definition) is 2. The van der Waals surface area contributed by atoms with Crippen molar-refractivity contribution < 1.29 is 14.3 Å². The third kappa shape index (κ3) is 4.00. The van der Waals surface area contributed by atoms with Gasteiger partial charge in [-0.1, -0.05) is 18.2 Å². The number of para-hydroxylation sites is 1. The Hall–Kier alpha value is -4.14. The van der Waals surface area contributed by atoms with Crippen LogP contribution >= 0.6 is 0 Å². The summed E-state index contributed by atoms with van der Waals surface area (Å²) in [5.41, 5.74) is 1.86. The van der Waals surface area contributed by atoms with E-state index in [2.05, 4.69) is 25.6 Å². The Balaban J connectivity index is 1.45. The van der Waals surface area contributed by atoms with Crippen LogP contribution in [0.3, 0.4) is 0 Å². The van der Waals surface area contributed by atoms with Crippen molar-refractivity contribution in [3.05, 3.63) is 72.3 Å². The molecule has 2 heterocycles.